The Morgan fingerprint density at radius 3 is 2.20 bits per heavy atom. The van der Waals surface area contributed by atoms with Gasteiger partial charge in [0.15, 0.2) is 18.0 Å². The molecular formula is C28H28O12S. The second-order valence-corrected chi connectivity index (χ2v) is 10.2. The van der Waals surface area contributed by atoms with Gasteiger partial charge in [-0.05, 0) is 36.1 Å². The van der Waals surface area contributed by atoms with E-state index in [0.29, 0.717) is 11.3 Å². The molecule has 5 atom stereocenters. The maximum Gasteiger partial charge on any atom is 0.303 e. The van der Waals surface area contributed by atoms with Gasteiger partial charge < -0.3 is 33.2 Å². The summed E-state index contributed by atoms with van der Waals surface area (Å²) in [6.07, 6.45) is -5.09. The van der Waals surface area contributed by atoms with E-state index in [0.717, 1.165) is 25.6 Å². The number of fused-ring (bicyclic) bond motifs is 1. The fraction of sp³-hybridized carbons (Fsp3) is 0.393. The van der Waals surface area contributed by atoms with Crippen LogP contribution >= 0.6 is 11.3 Å². The first-order chi connectivity index (χ1) is 19.4. The number of ether oxygens (including phenoxy) is 7. The Bertz CT molecular complexity index is 1380. The van der Waals surface area contributed by atoms with Gasteiger partial charge in [-0.1, -0.05) is 6.07 Å². The minimum Gasteiger partial charge on any atom is -0.463 e. The number of benzene rings is 1. The lowest BCUT2D eigenvalue weighted by atomic mass is 9.98. The maximum atomic E-state index is 13.2. The average molecular weight is 589 g/mol. The lowest BCUT2D eigenvalue weighted by Crippen LogP contribution is -2.63. The zero-order chi connectivity index (χ0) is 29.8. The third-order valence-corrected chi connectivity index (χ3v) is 6.76. The van der Waals surface area contributed by atoms with Crippen LogP contribution in [0.5, 0.6) is 11.5 Å². The Hall–Kier alpha value is -4.23. The number of thiophene rings is 1. The van der Waals surface area contributed by atoms with Crippen LogP contribution in [0.25, 0.3) is 6.08 Å². The van der Waals surface area contributed by atoms with Crippen LogP contribution in [0, 0.1) is 6.92 Å². The van der Waals surface area contributed by atoms with Gasteiger partial charge in [-0.15, -0.1) is 11.3 Å². The number of carbonyl (C=O) groups is 5. The van der Waals surface area contributed by atoms with Gasteiger partial charge in [0.05, 0.1) is 5.56 Å². The molecule has 0 radical (unpaired) electrons. The summed E-state index contributed by atoms with van der Waals surface area (Å²) in [7, 11) is 0. The first kappa shape index (κ1) is 29.7. The van der Waals surface area contributed by atoms with Crippen LogP contribution in [-0.2, 0) is 42.9 Å². The summed E-state index contributed by atoms with van der Waals surface area (Å²) in [4.78, 5) is 61.6. The Kier molecular flexibility index (Phi) is 9.08. The van der Waals surface area contributed by atoms with Crippen molar-refractivity contribution in [2.45, 2.75) is 65.3 Å². The van der Waals surface area contributed by atoms with E-state index in [9.17, 15) is 24.0 Å². The number of rotatable bonds is 8. The molecule has 4 rings (SSSR count). The number of allylic oxidation sites excluding steroid dienone is 1. The lowest BCUT2D eigenvalue weighted by Gasteiger charge is -2.43. The molecule has 1 aromatic carbocycles. The van der Waals surface area contributed by atoms with E-state index < -0.39 is 61.2 Å². The molecule has 2 aliphatic rings. The van der Waals surface area contributed by atoms with E-state index in [-0.39, 0.29) is 22.9 Å². The Morgan fingerprint density at radius 2 is 1.59 bits per heavy atom. The molecule has 5 unspecified atom stereocenters. The summed E-state index contributed by atoms with van der Waals surface area (Å²) >= 11 is 1.45. The van der Waals surface area contributed by atoms with Gasteiger partial charge in [-0.3, -0.25) is 24.0 Å². The molecule has 0 aliphatic carbocycles. The first-order valence-corrected chi connectivity index (χ1v) is 13.4. The fourth-order valence-corrected chi connectivity index (χ4v) is 5.06. The number of hydrogen-bond acceptors (Lipinski definition) is 13. The van der Waals surface area contributed by atoms with Gasteiger partial charge >= 0.3 is 23.9 Å². The Labute approximate surface area is 239 Å². The molecule has 41 heavy (non-hydrogen) atoms. The SMILES string of the molecule is CC(=O)OCC1OC(Oc2cc(C)c3c(c2)C(=O)/C(=C/c2cccs2)O3)C(OC(C)=O)C(OC(C)=O)C1OC(C)=O. The molecule has 0 saturated carbocycles. The van der Waals surface area contributed by atoms with Crippen LogP contribution in [0.2, 0.25) is 0 Å². The zero-order valence-corrected chi connectivity index (χ0v) is 23.7. The van der Waals surface area contributed by atoms with Gasteiger partial charge in [0.25, 0.3) is 0 Å². The lowest BCUT2D eigenvalue weighted by molar-refractivity contribution is -0.288. The topological polar surface area (TPSA) is 150 Å². The summed E-state index contributed by atoms with van der Waals surface area (Å²) in [6, 6.07) is 6.75. The molecule has 0 amide bonds. The smallest absolute Gasteiger partial charge is 0.303 e. The van der Waals surface area contributed by atoms with Crippen molar-refractivity contribution in [2.24, 2.45) is 0 Å². The van der Waals surface area contributed by atoms with E-state index >= 15 is 0 Å². The molecule has 1 aromatic heterocycles. The Morgan fingerprint density at radius 1 is 0.927 bits per heavy atom. The molecule has 0 bridgehead atoms. The average Bonchev–Trinajstić information content (AvgIpc) is 3.50. The standard InChI is InChI=1S/C28H28O12S/c1-13-9-18(10-20-23(33)21(39-24(13)20)11-19-7-6-8-41-19)38-28-27(37-17(5)32)26(36-16(4)31)25(35-15(3)30)22(40-28)12-34-14(2)29/h6-11,22,25-28H,12H2,1-5H3/b21-11-. The van der Waals surface area contributed by atoms with Gasteiger partial charge in [-0.25, -0.2) is 0 Å². The van der Waals surface area contributed by atoms with E-state index in [1.165, 1.54) is 24.3 Å². The van der Waals surface area contributed by atoms with Gasteiger partial charge in [0.2, 0.25) is 18.2 Å². The van der Waals surface area contributed by atoms with Crippen molar-refractivity contribution in [1.29, 1.82) is 0 Å². The van der Waals surface area contributed by atoms with Crippen molar-refractivity contribution in [3.8, 4) is 11.5 Å². The number of aryl methyl sites for hydroxylation is 1. The van der Waals surface area contributed by atoms with Gasteiger partial charge in [0, 0.05) is 38.6 Å². The highest BCUT2D eigenvalue weighted by Gasteiger charge is 2.53. The third-order valence-electron chi connectivity index (χ3n) is 5.95. The van der Waals surface area contributed by atoms with Crippen LogP contribution in [0.1, 0.15) is 48.5 Å². The number of esters is 4. The predicted molar refractivity (Wildman–Crippen MR) is 141 cm³/mol. The molecular weight excluding hydrogens is 560 g/mol. The molecule has 3 heterocycles. The van der Waals surface area contributed by atoms with E-state index in [2.05, 4.69) is 0 Å². The summed E-state index contributed by atoms with van der Waals surface area (Å²) in [5.41, 5.74) is 0.819. The van der Waals surface area contributed by atoms with Crippen molar-refractivity contribution >= 4 is 47.1 Å². The van der Waals surface area contributed by atoms with Gasteiger partial charge in [-0.2, -0.15) is 0 Å². The van der Waals surface area contributed by atoms with Crippen LogP contribution in [0.4, 0.5) is 0 Å². The predicted octanol–water partition coefficient (Wildman–Crippen LogP) is 3.13. The quantitative estimate of drug-likeness (QED) is 0.253. The number of hydrogen-bond donors (Lipinski definition) is 0. The molecule has 2 aromatic rings. The first-order valence-electron chi connectivity index (χ1n) is 12.5. The molecule has 12 nitrogen and oxygen atoms in total. The number of carbonyl (C=O) groups excluding carboxylic acids is 5. The zero-order valence-electron chi connectivity index (χ0n) is 22.9. The molecule has 2 aliphatic heterocycles. The highest BCUT2D eigenvalue weighted by atomic mass is 32.1. The summed E-state index contributed by atoms with van der Waals surface area (Å²) in [5, 5.41) is 1.88. The largest absolute Gasteiger partial charge is 0.463 e. The summed E-state index contributed by atoms with van der Waals surface area (Å²) in [6.45, 7) is 5.88. The van der Waals surface area contributed by atoms with Crippen LogP contribution in [0.3, 0.4) is 0 Å². The van der Waals surface area contributed by atoms with Crippen molar-refractivity contribution in [3.05, 3.63) is 51.4 Å². The molecule has 0 N–H and O–H groups in total. The highest BCUT2D eigenvalue weighted by Crippen LogP contribution is 2.39. The summed E-state index contributed by atoms with van der Waals surface area (Å²) in [5.74, 6) is -2.61. The Balaban J connectivity index is 1.69. The van der Waals surface area contributed by atoms with Crippen LogP contribution < -0.4 is 9.47 Å². The minimum atomic E-state index is -1.44. The van der Waals surface area contributed by atoms with Crippen molar-refractivity contribution in [1.82, 2.24) is 0 Å². The molecule has 13 heteroatoms. The third kappa shape index (κ3) is 7.11. The second-order valence-electron chi connectivity index (χ2n) is 9.26. The monoisotopic (exact) mass is 588 g/mol. The maximum absolute atomic E-state index is 13.2. The van der Waals surface area contributed by atoms with Crippen LogP contribution in [0.15, 0.2) is 35.4 Å². The van der Waals surface area contributed by atoms with Crippen molar-refractivity contribution < 1.29 is 57.1 Å². The molecule has 1 fully saturated rings. The van der Waals surface area contributed by atoms with E-state index in [1.807, 2.05) is 17.5 Å². The second kappa shape index (κ2) is 12.5. The number of Topliss-reactive ketones (excluding diaryl/α,β-unsaturated/α-hetero) is 1. The van der Waals surface area contributed by atoms with Crippen LogP contribution in [-0.4, -0.2) is 67.0 Å². The van der Waals surface area contributed by atoms with Crippen molar-refractivity contribution in [2.75, 3.05) is 6.61 Å². The fourth-order valence-electron chi connectivity index (χ4n) is 4.42. The minimum absolute atomic E-state index is 0.148. The van der Waals surface area contributed by atoms with E-state index in [4.69, 9.17) is 33.2 Å². The summed E-state index contributed by atoms with van der Waals surface area (Å²) < 4.78 is 39.2. The highest BCUT2D eigenvalue weighted by molar-refractivity contribution is 7.10. The molecule has 218 valence electrons. The van der Waals surface area contributed by atoms with Crippen molar-refractivity contribution in [3.63, 3.8) is 0 Å². The molecule has 0 spiro atoms. The number of ketones is 1. The molecule has 1 saturated heterocycles. The normalized spacial score (nSPS) is 24.2. The van der Waals surface area contributed by atoms with Gasteiger partial charge in [0.1, 0.15) is 24.2 Å². The van der Waals surface area contributed by atoms with E-state index in [1.54, 1.807) is 19.1 Å².